The van der Waals surface area contributed by atoms with Crippen LogP contribution >= 0.6 is 15.9 Å². The molecule has 0 aliphatic rings. The number of hydrogen-bond acceptors (Lipinski definition) is 0. The summed E-state index contributed by atoms with van der Waals surface area (Å²) in [6.45, 7) is -0.157. The molecule has 0 aromatic carbocycles. The molecule has 0 aromatic heterocycles. The highest BCUT2D eigenvalue weighted by Gasteiger charge is 2.67. The molecule has 0 amide bonds. The Morgan fingerprint density at radius 3 is 1.18 bits per heavy atom. The van der Waals surface area contributed by atoms with Gasteiger partial charge in [0.15, 0.2) is 0 Å². The molecule has 11 heavy (non-hydrogen) atoms. The summed E-state index contributed by atoms with van der Waals surface area (Å²) >= 11 is 1.28. The Kier molecular flexibility index (Phi) is 2.55. The maximum atomic E-state index is 12.1. The molecule has 68 valence electrons. The minimum absolute atomic E-state index is 0.157. The van der Waals surface area contributed by atoms with Crippen molar-refractivity contribution in [1.82, 2.24) is 0 Å². The lowest BCUT2D eigenvalue weighted by atomic mass is 10.2. The zero-order valence-corrected chi connectivity index (χ0v) is 6.73. The fraction of sp³-hybridized carbons (Fsp3) is 1.00. The molecule has 0 aromatic rings. The first-order valence-electron chi connectivity index (χ1n) is 2.32. The Morgan fingerprint density at radius 2 is 1.18 bits per heavy atom. The fourth-order valence-electron chi connectivity index (χ4n) is 0.249. The zero-order chi connectivity index (χ0) is 9.50. The Bertz CT molecular complexity index is 126. The van der Waals surface area contributed by atoms with E-state index in [2.05, 4.69) is 0 Å². The van der Waals surface area contributed by atoms with Crippen molar-refractivity contribution in [1.29, 1.82) is 0 Å². The van der Waals surface area contributed by atoms with Crippen LogP contribution in [0.15, 0.2) is 0 Å². The monoisotopic (exact) mass is 244 g/mol. The third-order valence-corrected chi connectivity index (χ3v) is 2.05. The van der Waals surface area contributed by atoms with Gasteiger partial charge < -0.3 is 0 Å². The molecule has 0 saturated carbocycles. The average Bonchev–Trinajstić information content (AvgIpc) is 1.58. The van der Waals surface area contributed by atoms with E-state index in [0.717, 1.165) is 0 Å². The average molecular weight is 245 g/mol. The molecule has 0 aliphatic carbocycles. The number of hydrogen-bond donors (Lipinski definition) is 0. The van der Waals surface area contributed by atoms with E-state index in [1.54, 1.807) is 0 Å². The largest absolute Gasteiger partial charge is 0.438 e. The summed E-state index contributed by atoms with van der Waals surface area (Å²) in [6.07, 6.45) is -5.62. The number of halogens is 7. The van der Waals surface area contributed by atoms with Gasteiger partial charge in [-0.25, -0.2) is 13.2 Å². The van der Waals surface area contributed by atoms with Crippen LogP contribution in [-0.4, -0.2) is 16.7 Å². The van der Waals surface area contributed by atoms with Gasteiger partial charge >= 0.3 is 10.8 Å². The second-order valence-corrected chi connectivity index (χ2v) is 3.05. The van der Waals surface area contributed by atoms with E-state index in [9.17, 15) is 26.3 Å². The summed E-state index contributed by atoms with van der Waals surface area (Å²) in [4.78, 5) is 0. The van der Waals surface area contributed by atoms with Crippen molar-refractivity contribution < 1.29 is 26.3 Å². The topological polar surface area (TPSA) is 0 Å². The maximum absolute atomic E-state index is 12.1. The summed E-state index contributed by atoms with van der Waals surface area (Å²) in [7, 11) is 0. The molecule has 1 atom stereocenters. The first-order chi connectivity index (χ1) is 4.50. The van der Waals surface area contributed by atoms with Gasteiger partial charge in [-0.3, -0.25) is 0 Å². The van der Waals surface area contributed by atoms with Gasteiger partial charge in [-0.15, -0.1) is 0 Å². The highest BCUT2D eigenvalue weighted by Crippen LogP contribution is 2.49. The molecule has 0 bridgehead atoms. The van der Waals surface area contributed by atoms with Crippen molar-refractivity contribution in [3.05, 3.63) is 0 Å². The van der Waals surface area contributed by atoms with Crippen LogP contribution in [0.25, 0.3) is 0 Å². The molecule has 0 rings (SSSR count). The van der Waals surface area contributed by atoms with Crippen LogP contribution in [0.5, 0.6) is 0 Å². The van der Waals surface area contributed by atoms with Crippen LogP contribution in [0, 0.1) is 0 Å². The molecule has 1 unspecified atom stereocenters. The van der Waals surface area contributed by atoms with Crippen molar-refractivity contribution in [3.8, 4) is 0 Å². The molecule has 0 aliphatic heterocycles. The molecule has 0 spiro atoms. The lowest BCUT2D eigenvalue weighted by Crippen LogP contribution is -2.48. The van der Waals surface area contributed by atoms with Crippen molar-refractivity contribution in [2.45, 2.75) is 23.6 Å². The SMILES string of the molecule is CC(F)(F)C(F)(Br)C(F)(F)F. The molecule has 0 heterocycles. The first kappa shape index (κ1) is 11.1. The second-order valence-electron chi connectivity index (χ2n) is 1.96. The Hall–Kier alpha value is 0.0600. The number of rotatable bonds is 1. The normalized spacial score (nSPS) is 19.6. The Morgan fingerprint density at radius 1 is 0.909 bits per heavy atom. The number of alkyl halides is 7. The van der Waals surface area contributed by atoms with Crippen LogP contribution in [0.1, 0.15) is 6.92 Å². The molecule has 0 nitrogen and oxygen atoms in total. The highest BCUT2D eigenvalue weighted by atomic mass is 79.9. The maximum Gasteiger partial charge on any atom is 0.438 e. The van der Waals surface area contributed by atoms with Crippen molar-refractivity contribution >= 4 is 15.9 Å². The van der Waals surface area contributed by atoms with Crippen molar-refractivity contribution in [2.75, 3.05) is 0 Å². The lowest BCUT2D eigenvalue weighted by Gasteiger charge is -2.26. The summed E-state index contributed by atoms with van der Waals surface area (Å²) in [5.74, 6) is -4.49. The summed E-state index contributed by atoms with van der Waals surface area (Å²) < 4.78 is 65.5. The van der Waals surface area contributed by atoms with Gasteiger partial charge in [0.2, 0.25) is 0 Å². The first-order valence-corrected chi connectivity index (χ1v) is 3.12. The predicted molar refractivity (Wildman–Crippen MR) is 29.4 cm³/mol. The summed E-state index contributed by atoms with van der Waals surface area (Å²) in [5.41, 5.74) is 0. The van der Waals surface area contributed by atoms with Gasteiger partial charge in [-0.1, -0.05) is 0 Å². The van der Waals surface area contributed by atoms with E-state index in [-0.39, 0.29) is 6.92 Å². The molecule has 7 heteroatoms. The van der Waals surface area contributed by atoms with Gasteiger partial charge in [0.05, 0.1) is 0 Å². The van der Waals surface area contributed by atoms with E-state index in [0.29, 0.717) is 0 Å². The van der Waals surface area contributed by atoms with Crippen molar-refractivity contribution in [3.63, 3.8) is 0 Å². The quantitative estimate of drug-likeness (QED) is 0.491. The molecule has 0 N–H and O–H groups in total. The zero-order valence-electron chi connectivity index (χ0n) is 5.15. The van der Waals surface area contributed by atoms with Gasteiger partial charge in [-0.05, 0) is 15.9 Å². The van der Waals surface area contributed by atoms with E-state index in [1.165, 1.54) is 15.9 Å². The van der Waals surface area contributed by atoms with Crippen LogP contribution in [0.4, 0.5) is 26.3 Å². The van der Waals surface area contributed by atoms with E-state index in [4.69, 9.17) is 0 Å². The third kappa shape index (κ3) is 2.00. The summed E-state index contributed by atoms with van der Waals surface area (Å²) in [6, 6.07) is 0. The Labute approximate surface area is 66.7 Å². The van der Waals surface area contributed by atoms with Crippen LogP contribution in [0.3, 0.4) is 0 Å². The second kappa shape index (κ2) is 2.53. The molecule has 0 radical (unpaired) electrons. The van der Waals surface area contributed by atoms with E-state index in [1.807, 2.05) is 0 Å². The van der Waals surface area contributed by atoms with Crippen LogP contribution in [-0.2, 0) is 0 Å². The molecular weight excluding hydrogens is 242 g/mol. The van der Waals surface area contributed by atoms with Gasteiger partial charge in [0, 0.05) is 6.92 Å². The molecule has 0 fully saturated rings. The minimum Gasteiger partial charge on any atom is -0.214 e. The van der Waals surface area contributed by atoms with Crippen LogP contribution in [0.2, 0.25) is 0 Å². The molecule has 0 saturated heterocycles. The lowest BCUT2D eigenvalue weighted by molar-refractivity contribution is -0.252. The predicted octanol–water partition coefficient (Wildman–Crippen LogP) is 3.26. The minimum atomic E-state index is -5.62. The van der Waals surface area contributed by atoms with Crippen LogP contribution < -0.4 is 0 Å². The van der Waals surface area contributed by atoms with Gasteiger partial charge in [-0.2, -0.15) is 13.2 Å². The smallest absolute Gasteiger partial charge is 0.214 e. The van der Waals surface area contributed by atoms with Gasteiger partial charge in [0.1, 0.15) is 0 Å². The van der Waals surface area contributed by atoms with Crippen molar-refractivity contribution in [2.24, 2.45) is 0 Å². The summed E-state index contributed by atoms with van der Waals surface area (Å²) in [5, 5.41) is 0. The molecular formula is C4H3BrF6. The Balaban J connectivity index is 4.75. The van der Waals surface area contributed by atoms with Gasteiger partial charge in [0.25, 0.3) is 5.92 Å². The standard InChI is InChI=1S/C4H3BrF6/c1-2(6,7)3(5,8)4(9,10)11/h1H3. The van der Waals surface area contributed by atoms with E-state index >= 15 is 0 Å². The third-order valence-electron chi connectivity index (χ3n) is 0.907. The highest BCUT2D eigenvalue weighted by molar-refractivity contribution is 9.10. The van der Waals surface area contributed by atoms with E-state index < -0.39 is 16.7 Å². The fourth-order valence-corrected chi connectivity index (χ4v) is 0.249.